The Morgan fingerprint density at radius 3 is 2.50 bits per heavy atom. The lowest BCUT2D eigenvalue weighted by Crippen LogP contribution is -2.36. The van der Waals surface area contributed by atoms with Gasteiger partial charge >= 0.3 is 0 Å². The number of carbonyl (C=O) groups is 1. The van der Waals surface area contributed by atoms with Crippen LogP contribution in [0.3, 0.4) is 0 Å². The van der Waals surface area contributed by atoms with Crippen LogP contribution in [0, 0.1) is 12.8 Å². The molecule has 0 unspecified atom stereocenters. The Morgan fingerprint density at radius 2 is 1.73 bits per heavy atom. The molecule has 4 rings (SSSR count). The number of carbonyl (C=O) groups excluding carboxylic acids is 1. The summed E-state index contributed by atoms with van der Waals surface area (Å²) in [5.41, 5.74) is 1.78. The van der Waals surface area contributed by atoms with E-state index in [0.29, 0.717) is 12.3 Å². The van der Waals surface area contributed by atoms with Gasteiger partial charge in [0.25, 0.3) is 5.56 Å². The van der Waals surface area contributed by atoms with Crippen molar-refractivity contribution in [3.63, 3.8) is 0 Å². The summed E-state index contributed by atoms with van der Waals surface area (Å²) < 4.78 is 1.46. The van der Waals surface area contributed by atoms with Crippen LogP contribution in [0.4, 0.5) is 5.82 Å². The van der Waals surface area contributed by atoms with Crippen molar-refractivity contribution in [1.29, 1.82) is 0 Å². The minimum atomic E-state index is -0.138. The fraction of sp³-hybridized carbons (Fsp3) is 0.542. The zero-order chi connectivity index (χ0) is 20.9. The van der Waals surface area contributed by atoms with E-state index in [1.807, 2.05) is 36.1 Å². The van der Waals surface area contributed by atoms with Gasteiger partial charge in [0.2, 0.25) is 5.91 Å². The van der Waals surface area contributed by atoms with E-state index in [1.165, 1.54) is 30.4 Å². The Kier molecular flexibility index (Phi) is 6.50. The van der Waals surface area contributed by atoms with E-state index in [1.54, 1.807) is 12.1 Å². The van der Waals surface area contributed by atoms with Crippen LogP contribution in [-0.2, 0) is 4.79 Å². The first-order chi connectivity index (χ1) is 14.6. The summed E-state index contributed by atoms with van der Waals surface area (Å²) in [6, 6.07) is 11.2. The Balaban J connectivity index is 1.40. The predicted octanol–water partition coefficient (Wildman–Crippen LogP) is 3.55. The standard InChI is InChI=1S/C24H32N4O2/c1-19-7-10-21(11-8-19)28-24(30)14-12-22(25-28)26-15-4-16-27(18-17-26)23(29)13-9-20-5-2-3-6-20/h7-8,10-12,14,20H,2-6,9,13,15-18H2,1H3. The lowest BCUT2D eigenvalue weighted by molar-refractivity contribution is -0.131. The summed E-state index contributed by atoms with van der Waals surface area (Å²) in [5, 5.41) is 4.62. The van der Waals surface area contributed by atoms with Gasteiger partial charge in [-0.25, -0.2) is 0 Å². The third kappa shape index (κ3) is 4.91. The average Bonchev–Trinajstić information content (AvgIpc) is 3.16. The number of nitrogens with zero attached hydrogens (tertiary/aromatic N) is 4. The van der Waals surface area contributed by atoms with E-state index in [0.717, 1.165) is 62.0 Å². The molecule has 160 valence electrons. The van der Waals surface area contributed by atoms with Gasteiger partial charge in [0.15, 0.2) is 0 Å². The monoisotopic (exact) mass is 408 g/mol. The van der Waals surface area contributed by atoms with E-state index < -0.39 is 0 Å². The van der Waals surface area contributed by atoms with Crippen LogP contribution in [0.5, 0.6) is 0 Å². The third-order valence-electron chi connectivity index (χ3n) is 6.48. The summed E-state index contributed by atoms with van der Waals surface area (Å²) in [4.78, 5) is 29.3. The van der Waals surface area contributed by atoms with E-state index >= 15 is 0 Å². The van der Waals surface area contributed by atoms with Gasteiger partial charge in [0.1, 0.15) is 5.82 Å². The Morgan fingerprint density at radius 1 is 0.967 bits per heavy atom. The highest BCUT2D eigenvalue weighted by atomic mass is 16.2. The molecule has 0 spiro atoms. The maximum atomic E-state index is 12.7. The van der Waals surface area contributed by atoms with Crippen LogP contribution in [0.25, 0.3) is 5.69 Å². The van der Waals surface area contributed by atoms with E-state index in [9.17, 15) is 9.59 Å². The topological polar surface area (TPSA) is 58.4 Å². The molecule has 2 aromatic rings. The summed E-state index contributed by atoms with van der Waals surface area (Å²) in [7, 11) is 0. The summed E-state index contributed by atoms with van der Waals surface area (Å²) in [6.45, 7) is 5.13. The molecule has 1 aromatic carbocycles. The van der Waals surface area contributed by atoms with Crippen molar-refractivity contribution >= 4 is 11.7 Å². The molecule has 1 aromatic heterocycles. The fourth-order valence-corrected chi connectivity index (χ4v) is 4.62. The van der Waals surface area contributed by atoms with Gasteiger partial charge in [-0.15, -0.1) is 5.10 Å². The molecule has 0 bridgehead atoms. The molecule has 0 atom stereocenters. The first-order valence-corrected chi connectivity index (χ1v) is 11.3. The Bertz CT molecular complexity index is 916. The van der Waals surface area contributed by atoms with E-state index in [4.69, 9.17) is 0 Å². The van der Waals surface area contributed by atoms with Crippen molar-refractivity contribution in [1.82, 2.24) is 14.7 Å². The van der Waals surface area contributed by atoms with Crippen molar-refractivity contribution in [2.75, 3.05) is 31.1 Å². The third-order valence-corrected chi connectivity index (χ3v) is 6.48. The molecule has 2 heterocycles. The van der Waals surface area contributed by atoms with Crippen LogP contribution >= 0.6 is 0 Å². The van der Waals surface area contributed by atoms with Gasteiger partial charge in [0, 0.05) is 38.7 Å². The van der Waals surface area contributed by atoms with Crippen LogP contribution < -0.4 is 10.5 Å². The molecule has 1 saturated heterocycles. The van der Waals surface area contributed by atoms with Gasteiger partial charge < -0.3 is 9.80 Å². The molecule has 1 saturated carbocycles. The summed E-state index contributed by atoms with van der Waals surface area (Å²) in [6.07, 6.45) is 7.89. The molecular formula is C24H32N4O2. The minimum Gasteiger partial charge on any atom is -0.353 e. The summed E-state index contributed by atoms with van der Waals surface area (Å²) >= 11 is 0. The molecule has 1 aliphatic carbocycles. The zero-order valence-corrected chi connectivity index (χ0v) is 17.9. The van der Waals surface area contributed by atoms with Crippen LogP contribution in [-0.4, -0.2) is 46.8 Å². The second-order valence-electron chi connectivity index (χ2n) is 8.69. The Hall–Kier alpha value is -2.63. The number of anilines is 1. The highest BCUT2D eigenvalue weighted by molar-refractivity contribution is 5.76. The van der Waals surface area contributed by atoms with Crippen molar-refractivity contribution in [2.24, 2.45) is 5.92 Å². The lowest BCUT2D eigenvalue weighted by atomic mass is 10.0. The summed E-state index contributed by atoms with van der Waals surface area (Å²) in [5.74, 6) is 1.83. The zero-order valence-electron chi connectivity index (χ0n) is 17.9. The fourth-order valence-electron chi connectivity index (χ4n) is 4.62. The van der Waals surface area contributed by atoms with Gasteiger partial charge in [-0.3, -0.25) is 9.59 Å². The van der Waals surface area contributed by atoms with Crippen molar-refractivity contribution in [2.45, 2.75) is 51.9 Å². The molecule has 0 radical (unpaired) electrons. The van der Waals surface area contributed by atoms with Crippen LogP contribution in [0.1, 0.15) is 50.5 Å². The number of benzene rings is 1. The SMILES string of the molecule is Cc1ccc(-n2nc(N3CCCN(C(=O)CCC4CCCC4)CC3)ccc2=O)cc1. The van der Waals surface area contributed by atoms with Crippen LogP contribution in [0.2, 0.25) is 0 Å². The van der Waals surface area contributed by atoms with Gasteiger partial charge in [-0.05, 0) is 43.9 Å². The molecule has 6 heteroatoms. The quantitative estimate of drug-likeness (QED) is 0.759. The van der Waals surface area contributed by atoms with Crippen molar-refractivity contribution in [3.8, 4) is 5.69 Å². The second kappa shape index (κ2) is 9.45. The van der Waals surface area contributed by atoms with Crippen LogP contribution in [0.15, 0.2) is 41.2 Å². The highest BCUT2D eigenvalue weighted by Crippen LogP contribution is 2.28. The first-order valence-electron chi connectivity index (χ1n) is 11.3. The maximum absolute atomic E-state index is 12.7. The molecular weight excluding hydrogens is 376 g/mol. The normalized spacial score (nSPS) is 17.9. The number of aromatic nitrogens is 2. The van der Waals surface area contributed by atoms with Gasteiger partial charge in [-0.1, -0.05) is 43.4 Å². The molecule has 2 aliphatic rings. The lowest BCUT2D eigenvalue weighted by Gasteiger charge is -2.23. The molecule has 1 aliphatic heterocycles. The smallest absolute Gasteiger partial charge is 0.271 e. The minimum absolute atomic E-state index is 0.138. The predicted molar refractivity (Wildman–Crippen MR) is 119 cm³/mol. The highest BCUT2D eigenvalue weighted by Gasteiger charge is 2.22. The van der Waals surface area contributed by atoms with Gasteiger partial charge in [0.05, 0.1) is 5.69 Å². The number of aryl methyl sites for hydroxylation is 1. The molecule has 0 N–H and O–H groups in total. The number of hydrogen-bond acceptors (Lipinski definition) is 4. The largest absolute Gasteiger partial charge is 0.353 e. The second-order valence-corrected chi connectivity index (χ2v) is 8.69. The Labute approximate surface area is 178 Å². The number of amides is 1. The van der Waals surface area contributed by atoms with Gasteiger partial charge in [-0.2, -0.15) is 4.68 Å². The molecule has 6 nitrogen and oxygen atoms in total. The van der Waals surface area contributed by atoms with E-state index in [2.05, 4.69) is 10.00 Å². The molecule has 2 fully saturated rings. The van der Waals surface area contributed by atoms with Crippen molar-refractivity contribution in [3.05, 3.63) is 52.3 Å². The van der Waals surface area contributed by atoms with Crippen molar-refractivity contribution < 1.29 is 4.79 Å². The number of rotatable bonds is 5. The molecule has 1 amide bonds. The maximum Gasteiger partial charge on any atom is 0.271 e. The number of hydrogen-bond donors (Lipinski definition) is 0. The average molecular weight is 409 g/mol. The first kappa shape index (κ1) is 20.6. The van der Waals surface area contributed by atoms with E-state index in [-0.39, 0.29) is 5.56 Å². The molecule has 30 heavy (non-hydrogen) atoms.